The summed E-state index contributed by atoms with van der Waals surface area (Å²) in [6, 6.07) is 0. The van der Waals surface area contributed by atoms with Crippen molar-refractivity contribution >= 4 is 119 Å². The molecular weight excluding hydrogens is 601 g/mol. The van der Waals surface area contributed by atoms with Gasteiger partial charge in [0, 0.05) is 0 Å². The van der Waals surface area contributed by atoms with Crippen molar-refractivity contribution in [2.45, 2.75) is 18.3 Å². The summed E-state index contributed by atoms with van der Waals surface area (Å²) in [5.74, 6) is -1.48. The molecule has 3 N–H and O–H groups in total. The van der Waals surface area contributed by atoms with Gasteiger partial charge in [-0.1, -0.05) is 0 Å². The first-order chi connectivity index (χ1) is 8.83. The van der Waals surface area contributed by atoms with Crippen LogP contribution < -0.4 is 19.6 Å². The summed E-state index contributed by atoms with van der Waals surface area (Å²) in [6.07, 6.45) is -6.83. The van der Waals surface area contributed by atoms with E-state index in [4.69, 9.17) is 10.2 Å². The van der Waals surface area contributed by atoms with E-state index < -0.39 is 53.0 Å². The molecule has 3 unspecified atom stereocenters. The smallest absolute Gasteiger partial charge is 0.790 e. The normalized spacial score (nSPS) is 16.0. The van der Waals surface area contributed by atoms with Gasteiger partial charge in [-0.15, -0.1) is 0 Å². The average molecular weight is 611 g/mol. The average Bonchev–Trinajstić information content (AvgIpc) is 2.29. The van der Waals surface area contributed by atoms with E-state index in [1.807, 2.05) is 0 Å². The van der Waals surface area contributed by atoms with Crippen molar-refractivity contribution in [3.05, 3.63) is 0 Å². The van der Waals surface area contributed by atoms with E-state index in [0.717, 1.165) is 0 Å². The van der Waals surface area contributed by atoms with Crippen molar-refractivity contribution in [2.24, 2.45) is 0 Å². The number of phosphoric acid groups is 2. The van der Waals surface area contributed by atoms with Crippen LogP contribution in [0.25, 0.3) is 0 Å². The van der Waals surface area contributed by atoms with E-state index in [1.165, 1.54) is 0 Å². The summed E-state index contributed by atoms with van der Waals surface area (Å²) in [4.78, 5) is 51.4. The Bertz CT molecular complexity index is 420. The number of carbonyl (C=O) groups excluding carboxylic acids is 1. The minimum atomic E-state index is -5.47. The van der Waals surface area contributed by atoms with Gasteiger partial charge in [0.1, 0.15) is 24.9 Å². The predicted molar refractivity (Wildman–Crippen MR) is 61.7 cm³/mol. The van der Waals surface area contributed by atoms with Gasteiger partial charge in [0.05, 0.1) is 22.3 Å². The Balaban J connectivity index is -0.00000180. The van der Waals surface area contributed by atoms with E-state index in [9.17, 15) is 38.6 Å². The fourth-order valence-electron chi connectivity index (χ4n) is 0.895. The largest absolute Gasteiger partial charge is 2.00 e. The summed E-state index contributed by atoms with van der Waals surface area (Å²) >= 11 is 0. The van der Waals surface area contributed by atoms with Crippen LogP contribution in [0.5, 0.6) is 0 Å². The summed E-state index contributed by atoms with van der Waals surface area (Å²) < 4.78 is 27.3. The number of carbonyl (C=O) groups is 1. The van der Waals surface area contributed by atoms with E-state index in [2.05, 4.69) is 9.05 Å². The number of Topliss-reactive ketones (excluding diaryl/α,β-unsaturated/α-hetero) is 1. The van der Waals surface area contributed by atoms with Crippen molar-refractivity contribution in [3.63, 3.8) is 0 Å². The summed E-state index contributed by atoms with van der Waals surface area (Å²) in [5.41, 5.74) is 0. The topological polar surface area (TPSA) is 223 Å². The molecule has 0 rings (SSSR count). The van der Waals surface area contributed by atoms with Crippen LogP contribution in [0.2, 0.25) is 0 Å². The first-order valence-electron chi connectivity index (χ1n) is 4.73. The van der Waals surface area contributed by atoms with Crippen LogP contribution in [-0.4, -0.2) is 150 Å². The molecule has 12 nitrogen and oxygen atoms in total. The maximum absolute atomic E-state index is 11.1. The van der Waals surface area contributed by atoms with Crippen LogP contribution in [0.4, 0.5) is 0 Å². The van der Waals surface area contributed by atoms with E-state index in [1.54, 1.807) is 0 Å². The van der Waals surface area contributed by atoms with E-state index in [0.29, 0.717) is 0 Å². The zero-order chi connectivity index (χ0) is 16.1. The Morgan fingerprint density at radius 2 is 1.36 bits per heavy atom. The fourth-order valence-corrected chi connectivity index (χ4v) is 1.52. The molecule has 0 aliphatic carbocycles. The molecule has 0 saturated heterocycles. The van der Waals surface area contributed by atoms with Gasteiger partial charge in [-0.3, -0.25) is 4.79 Å². The molecule has 3 atom stereocenters. The second-order valence-electron chi connectivity index (χ2n) is 3.43. The molecule has 16 heteroatoms. The number of hydrogen-bond acceptors (Lipinski definition) is 12. The van der Waals surface area contributed by atoms with Crippen LogP contribution in [0, 0.1) is 0 Å². The molecule has 0 bridgehead atoms. The Morgan fingerprint density at radius 3 is 1.73 bits per heavy atom. The molecule has 0 amide bonds. The van der Waals surface area contributed by atoms with E-state index in [-0.39, 0.29) is 97.8 Å². The molecule has 0 radical (unpaired) electrons. The third kappa shape index (κ3) is 15.2. The maximum atomic E-state index is 11.1. The van der Waals surface area contributed by atoms with Crippen LogP contribution in [0.15, 0.2) is 0 Å². The molecular formula is C6H10Ba2O12P2. The van der Waals surface area contributed by atoms with Crippen LogP contribution in [-0.2, 0) is 23.0 Å². The third-order valence-corrected chi connectivity index (χ3v) is 2.73. The maximum Gasteiger partial charge on any atom is 2.00 e. The van der Waals surface area contributed by atoms with Crippen molar-refractivity contribution < 1.29 is 57.9 Å². The summed E-state index contributed by atoms with van der Waals surface area (Å²) in [5, 5.41) is 27.5. The SMILES string of the molecule is O=C(COP(=O)([O-])[O-])C(O)C(O)C(O)COP(=O)([O-])[O-].[Ba+2].[Ba+2]. The molecule has 0 aliphatic rings. The van der Waals surface area contributed by atoms with Crippen molar-refractivity contribution in [1.82, 2.24) is 0 Å². The molecule has 22 heavy (non-hydrogen) atoms. The summed E-state index contributed by atoms with van der Waals surface area (Å²) in [7, 11) is -10.9. The first-order valence-corrected chi connectivity index (χ1v) is 7.65. The van der Waals surface area contributed by atoms with Gasteiger partial charge in [0.15, 0.2) is 5.78 Å². The van der Waals surface area contributed by atoms with Gasteiger partial charge in [-0.25, -0.2) is 0 Å². The third-order valence-electron chi connectivity index (χ3n) is 1.82. The second kappa shape index (κ2) is 13.1. The zero-order valence-electron chi connectivity index (χ0n) is 11.0. The molecule has 120 valence electrons. The molecule has 0 aliphatic heterocycles. The Morgan fingerprint density at radius 1 is 0.955 bits per heavy atom. The van der Waals surface area contributed by atoms with Gasteiger partial charge in [-0.2, -0.15) is 0 Å². The van der Waals surface area contributed by atoms with Crippen molar-refractivity contribution in [3.8, 4) is 0 Å². The van der Waals surface area contributed by atoms with Crippen LogP contribution in [0.3, 0.4) is 0 Å². The molecule has 0 heterocycles. The predicted octanol–water partition coefficient (Wildman–Crippen LogP) is -6.43. The molecule has 0 aromatic rings. The zero-order valence-corrected chi connectivity index (χ0v) is 21.6. The monoisotopic (exact) mass is 612 g/mol. The van der Waals surface area contributed by atoms with Crippen molar-refractivity contribution in [1.29, 1.82) is 0 Å². The number of hydrogen-bond donors (Lipinski definition) is 3. The first kappa shape index (κ1) is 29.7. The molecule has 0 aromatic carbocycles. The molecule has 0 fully saturated rings. The number of aliphatic hydroxyl groups excluding tert-OH is 3. The minimum absolute atomic E-state index is 0. The van der Waals surface area contributed by atoms with Crippen LogP contribution >= 0.6 is 15.6 Å². The fraction of sp³-hybridized carbons (Fsp3) is 0.833. The van der Waals surface area contributed by atoms with Crippen molar-refractivity contribution in [2.75, 3.05) is 13.2 Å². The molecule has 0 spiro atoms. The van der Waals surface area contributed by atoms with E-state index >= 15 is 0 Å². The number of phosphoric ester groups is 2. The Labute approximate surface area is 205 Å². The number of rotatable bonds is 9. The summed E-state index contributed by atoms with van der Waals surface area (Å²) in [6.45, 7) is -2.63. The Hall–Kier alpha value is 2.91. The van der Waals surface area contributed by atoms with Gasteiger partial charge in [0.2, 0.25) is 0 Å². The Kier molecular flexibility index (Phi) is 17.7. The molecule has 0 aromatic heterocycles. The molecule has 0 saturated carbocycles. The standard InChI is InChI=1S/C6H14O12P2.2Ba/c7-3(1-17-19(11,12)13)5(9)6(10)4(8)2-18-20(14,15)16;;/h3,5-7,9-10H,1-2H2,(H2,11,12,13)(H2,14,15,16);;/q;2*+2/p-4. The minimum Gasteiger partial charge on any atom is -0.790 e. The van der Waals surface area contributed by atoms with Gasteiger partial charge >= 0.3 is 97.8 Å². The van der Waals surface area contributed by atoms with Gasteiger partial charge in [-0.05, 0) is 0 Å². The van der Waals surface area contributed by atoms with Gasteiger partial charge < -0.3 is 53.1 Å². The number of ketones is 1. The van der Waals surface area contributed by atoms with Crippen LogP contribution in [0.1, 0.15) is 0 Å². The second-order valence-corrected chi connectivity index (χ2v) is 5.74. The quantitative estimate of drug-likeness (QED) is 0.164. The number of aliphatic hydroxyl groups is 3. The van der Waals surface area contributed by atoms with Gasteiger partial charge in [0.25, 0.3) is 0 Å².